The second-order valence-corrected chi connectivity index (χ2v) is 6.97. The van der Waals surface area contributed by atoms with Gasteiger partial charge in [0.1, 0.15) is 0 Å². The highest BCUT2D eigenvalue weighted by Gasteiger charge is 2.17. The lowest BCUT2D eigenvalue weighted by Crippen LogP contribution is -2.16. The molecule has 1 heterocycles. The third-order valence-corrected chi connectivity index (χ3v) is 4.41. The summed E-state index contributed by atoms with van der Waals surface area (Å²) in [5.41, 5.74) is 4.58. The maximum Gasteiger partial charge on any atom is 0.228 e. The molecule has 26 heavy (non-hydrogen) atoms. The van der Waals surface area contributed by atoms with Crippen molar-refractivity contribution < 1.29 is 14.3 Å². The molecule has 0 radical (unpaired) electrons. The van der Waals surface area contributed by atoms with Crippen LogP contribution in [0.3, 0.4) is 0 Å². The average Bonchev–Trinajstić information content (AvgIpc) is 2.83. The summed E-state index contributed by atoms with van der Waals surface area (Å²) >= 11 is 0. The van der Waals surface area contributed by atoms with E-state index in [2.05, 4.69) is 24.3 Å². The van der Waals surface area contributed by atoms with Crippen molar-refractivity contribution in [3.63, 3.8) is 0 Å². The first-order valence-corrected chi connectivity index (χ1v) is 8.82. The van der Waals surface area contributed by atoms with E-state index in [-0.39, 0.29) is 5.91 Å². The molecule has 0 saturated carbocycles. The molecular weight excluding hydrogens is 330 g/mol. The molecule has 0 aliphatic rings. The summed E-state index contributed by atoms with van der Waals surface area (Å²) in [5.74, 6) is 1.66. The van der Waals surface area contributed by atoms with Crippen LogP contribution in [-0.4, -0.2) is 29.9 Å². The molecule has 6 nitrogen and oxygen atoms in total. The topological polar surface area (TPSA) is 65.4 Å². The van der Waals surface area contributed by atoms with Gasteiger partial charge in [-0.05, 0) is 38.3 Å². The third kappa shape index (κ3) is 4.36. The fourth-order valence-corrected chi connectivity index (χ4v) is 2.98. The number of aromatic nitrogens is 2. The van der Waals surface area contributed by atoms with E-state index in [1.54, 1.807) is 20.3 Å². The minimum atomic E-state index is -0.0735. The van der Waals surface area contributed by atoms with Crippen LogP contribution >= 0.6 is 0 Å². The lowest BCUT2D eigenvalue weighted by atomic mass is 10.1. The predicted molar refractivity (Wildman–Crippen MR) is 103 cm³/mol. The minimum absolute atomic E-state index is 0.0735. The van der Waals surface area contributed by atoms with Gasteiger partial charge in [0.15, 0.2) is 11.5 Å². The Morgan fingerprint density at radius 2 is 1.77 bits per heavy atom. The molecule has 0 fully saturated rings. The molecule has 1 aromatic carbocycles. The van der Waals surface area contributed by atoms with Crippen LogP contribution in [0.1, 0.15) is 36.4 Å². The number of hydrogen-bond donors (Lipinski definition) is 1. The zero-order valence-corrected chi connectivity index (χ0v) is 16.8. The van der Waals surface area contributed by atoms with Crippen molar-refractivity contribution in [2.24, 2.45) is 5.92 Å². The highest BCUT2D eigenvalue weighted by atomic mass is 16.5. The molecule has 0 spiro atoms. The van der Waals surface area contributed by atoms with Gasteiger partial charge in [0, 0.05) is 29.6 Å². The molecule has 142 valence electrons. The average molecular weight is 359 g/mol. The summed E-state index contributed by atoms with van der Waals surface area (Å²) in [4.78, 5) is 12.6. The maximum absolute atomic E-state index is 12.6. The van der Waals surface area contributed by atoms with E-state index in [4.69, 9.17) is 9.47 Å². The summed E-state index contributed by atoms with van der Waals surface area (Å²) in [7, 11) is 3.17. The van der Waals surface area contributed by atoms with Crippen molar-refractivity contribution in [1.82, 2.24) is 9.78 Å². The SMILES string of the molecule is COc1cc(C)c(NC(=O)Cc2c(C)nn(CC(C)C)c2C)cc1OC. The first-order valence-electron chi connectivity index (χ1n) is 8.82. The summed E-state index contributed by atoms with van der Waals surface area (Å²) in [6, 6.07) is 3.64. The Morgan fingerprint density at radius 1 is 1.15 bits per heavy atom. The Hall–Kier alpha value is -2.50. The number of anilines is 1. The van der Waals surface area contributed by atoms with E-state index < -0.39 is 0 Å². The number of carbonyl (C=O) groups excluding carboxylic acids is 1. The van der Waals surface area contributed by atoms with Crippen molar-refractivity contribution in [2.75, 3.05) is 19.5 Å². The van der Waals surface area contributed by atoms with E-state index in [9.17, 15) is 4.79 Å². The van der Waals surface area contributed by atoms with Crippen molar-refractivity contribution in [3.8, 4) is 11.5 Å². The lowest BCUT2D eigenvalue weighted by molar-refractivity contribution is -0.115. The summed E-state index contributed by atoms with van der Waals surface area (Å²) < 4.78 is 12.6. The molecule has 0 bridgehead atoms. The molecule has 6 heteroatoms. The molecule has 0 saturated heterocycles. The highest BCUT2D eigenvalue weighted by molar-refractivity contribution is 5.93. The van der Waals surface area contributed by atoms with Crippen LogP contribution in [0.25, 0.3) is 0 Å². The van der Waals surface area contributed by atoms with Crippen molar-refractivity contribution >= 4 is 11.6 Å². The molecule has 1 N–H and O–H groups in total. The van der Waals surface area contributed by atoms with E-state index in [0.29, 0.717) is 23.8 Å². The second kappa shape index (κ2) is 8.25. The van der Waals surface area contributed by atoms with Crippen LogP contribution in [-0.2, 0) is 17.8 Å². The van der Waals surface area contributed by atoms with Crippen LogP contribution < -0.4 is 14.8 Å². The molecule has 2 rings (SSSR count). The Kier molecular flexibility index (Phi) is 6.29. The van der Waals surface area contributed by atoms with E-state index >= 15 is 0 Å². The number of hydrogen-bond acceptors (Lipinski definition) is 4. The number of aryl methyl sites for hydroxylation is 2. The molecule has 0 atom stereocenters. The monoisotopic (exact) mass is 359 g/mol. The molecule has 1 amide bonds. The predicted octanol–water partition coefficient (Wildman–Crippen LogP) is 3.66. The Labute approximate surface area is 155 Å². The number of carbonyl (C=O) groups is 1. The molecule has 0 aliphatic carbocycles. The largest absolute Gasteiger partial charge is 0.493 e. The van der Waals surface area contributed by atoms with E-state index in [0.717, 1.165) is 34.7 Å². The quantitative estimate of drug-likeness (QED) is 0.819. The molecule has 1 aromatic heterocycles. The first-order chi connectivity index (χ1) is 12.3. The van der Waals surface area contributed by atoms with Crippen LogP contribution in [0.4, 0.5) is 5.69 Å². The maximum atomic E-state index is 12.6. The number of ether oxygens (including phenoxy) is 2. The number of rotatable bonds is 7. The van der Waals surface area contributed by atoms with E-state index in [1.807, 2.05) is 31.5 Å². The Morgan fingerprint density at radius 3 is 2.35 bits per heavy atom. The molecule has 2 aromatic rings. The van der Waals surface area contributed by atoms with Gasteiger partial charge in [-0.3, -0.25) is 9.48 Å². The number of nitrogens with zero attached hydrogens (tertiary/aromatic N) is 2. The van der Waals surface area contributed by atoms with Crippen molar-refractivity contribution in [2.45, 2.75) is 47.6 Å². The normalized spacial score (nSPS) is 10.9. The smallest absolute Gasteiger partial charge is 0.228 e. The van der Waals surface area contributed by atoms with Gasteiger partial charge < -0.3 is 14.8 Å². The number of benzene rings is 1. The Bertz CT molecular complexity index is 794. The zero-order valence-electron chi connectivity index (χ0n) is 16.8. The third-order valence-electron chi connectivity index (χ3n) is 4.41. The van der Waals surface area contributed by atoms with Crippen LogP contribution in [0.5, 0.6) is 11.5 Å². The van der Waals surface area contributed by atoms with E-state index in [1.165, 1.54) is 0 Å². The summed E-state index contributed by atoms with van der Waals surface area (Å²) in [6.07, 6.45) is 0.295. The van der Waals surface area contributed by atoms with Crippen LogP contribution in [0.15, 0.2) is 12.1 Å². The number of amides is 1. The Balaban J connectivity index is 2.18. The highest BCUT2D eigenvalue weighted by Crippen LogP contribution is 2.33. The lowest BCUT2D eigenvalue weighted by Gasteiger charge is -2.14. The zero-order chi connectivity index (χ0) is 19.4. The molecule has 0 unspecified atom stereocenters. The molecule has 0 aliphatic heterocycles. The van der Waals surface area contributed by atoms with Gasteiger partial charge in [-0.2, -0.15) is 5.10 Å². The standard InChI is InChI=1S/C20H29N3O3/c1-12(2)11-23-15(5)16(14(4)22-23)9-20(24)21-17-10-19(26-7)18(25-6)8-13(17)3/h8,10,12H,9,11H2,1-7H3,(H,21,24). The van der Waals surface area contributed by atoms with Crippen LogP contribution in [0, 0.1) is 26.7 Å². The summed E-state index contributed by atoms with van der Waals surface area (Å²) in [5, 5.41) is 7.56. The summed E-state index contributed by atoms with van der Waals surface area (Å²) in [6.45, 7) is 11.1. The van der Waals surface area contributed by atoms with Crippen molar-refractivity contribution in [3.05, 3.63) is 34.6 Å². The fraction of sp³-hybridized carbons (Fsp3) is 0.500. The number of methoxy groups -OCH3 is 2. The van der Waals surface area contributed by atoms with Gasteiger partial charge in [0.05, 0.1) is 26.3 Å². The second-order valence-electron chi connectivity index (χ2n) is 6.97. The van der Waals surface area contributed by atoms with Crippen LogP contribution in [0.2, 0.25) is 0 Å². The van der Waals surface area contributed by atoms with Gasteiger partial charge in [-0.15, -0.1) is 0 Å². The van der Waals surface area contributed by atoms with Gasteiger partial charge in [-0.1, -0.05) is 13.8 Å². The molecular formula is C20H29N3O3. The number of nitrogens with one attached hydrogen (secondary N) is 1. The van der Waals surface area contributed by atoms with Gasteiger partial charge in [-0.25, -0.2) is 0 Å². The first kappa shape index (κ1) is 19.8. The minimum Gasteiger partial charge on any atom is -0.493 e. The van der Waals surface area contributed by atoms with Gasteiger partial charge in [0.2, 0.25) is 5.91 Å². The van der Waals surface area contributed by atoms with Crippen molar-refractivity contribution in [1.29, 1.82) is 0 Å². The van der Waals surface area contributed by atoms with Gasteiger partial charge in [0.25, 0.3) is 0 Å². The fourth-order valence-electron chi connectivity index (χ4n) is 2.98. The van der Waals surface area contributed by atoms with Gasteiger partial charge >= 0.3 is 0 Å².